The lowest BCUT2D eigenvalue weighted by molar-refractivity contribution is 0.174. The highest BCUT2D eigenvalue weighted by Crippen LogP contribution is 2.35. The highest BCUT2D eigenvalue weighted by atomic mass is 19.1. The first-order valence-electron chi connectivity index (χ1n) is 9.37. The van der Waals surface area contributed by atoms with Gasteiger partial charge in [0, 0.05) is 37.9 Å². The Balaban J connectivity index is 1.26. The molecule has 5 rings (SSSR count). The summed E-state index contributed by atoms with van der Waals surface area (Å²) in [5.41, 5.74) is 1.45. The molecule has 29 heavy (non-hydrogen) atoms. The van der Waals surface area contributed by atoms with E-state index in [4.69, 9.17) is 9.47 Å². The number of nitrogens with zero attached hydrogens (tertiary/aromatic N) is 5. The highest BCUT2D eigenvalue weighted by molar-refractivity contribution is 5.62. The monoisotopic (exact) mass is 394 g/mol. The molecule has 0 spiro atoms. The summed E-state index contributed by atoms with van der Waals surface area (Å²) in [6.45, 7) is 2.97. The zero-order valence-electron chi connectivity index (χ0n) is 15.6. The molecule has 9 heteroatoms. The molecule has 2 aromatic carbocycles. The maximum absolute atomic E-state index is 14.0. The Morgan fingerprint density at radius 3 is 2.59 bits per heavy atom. The molecule has 1 fully saturated rings. The van der Waals surface area contributed by atoms with Crippen molar-refractivity contribution in [2.45, 2.75) is 0 Å². The van der Waals surface area contributed by atoms with E-state index in [1.807, 2.05) is 29.2 Å². The normalized spacial score (nSPS) is 15.5. The van der Waals surface area contributed by atoms with Crippen LogP contribution in [0.4, 0.5) is 27.5 Å². The minimum atomic E-state index is -0.200. The van der Waals surface area contributed by atoms with Crippen molar-refractivity contribution in [2.75, 3.05) is 48.1 Å². The van der Waals surface area contributed by atoms with Crippen molar-refractivity contribution in [1.82, 2.24) is 15.2 Å². The Labute approximate surface area is 166 Å². The Bertz CT molecular complexity index is 1030. The number of fused-ring (bicyclic) bond motifs is 1. The fourth-order valence-electron chi connectivity index (χ4n) is 3.47. The Hall–Kier alpha value is -3.62. The molecule has 0 unspecified atom stereocenters. The SMILES string of the molecule is Fc1ccccc1N1CCN(c2nncc(Nc3ccc4c(c3)OCO4)n2)CC1. The van der Waals surface area contributed by atoms with Gasteiger partial charge in [0.1, 0.15) is 5.82 Å². The third kappa shape index (κ3) is 3.58. The number of nitrogens with one attached hydrogen (secondary N) is 1. The highest BCUT2D eigenvalue weighted by Gasteiger charge is 2.21. The fourth-order valence-corrected chi connectivity index (χ4v) is 3.47. The molecule has 1 N–H and O–H groups in total. The van der Waals surface area contributed by atoms with E-state index in [1.54, 1.807) is 18.3 Å². The molecule has 0 aliphatic carbocycles. The summed E-state index contributed by atoms with van der Waals surface area (Å²) in [7, 11) is 0. The van der Waals surface area contributed by atoms with E-state index < -0.39 is 0 Å². The van der Waals surface area contributed by atoms with Crippen LogP contribution in [-0.4, -0.2) is 48.2 Å². The van der Waals surface area contributed by atoms with E-state index in [2.05, 4.69) is 25.4 Å². The van der Waals surface area contributed by atoms with Gasteiger partial charge in [-0.05, 0) is 24.3 Å². The van der Waals surface area contributed by atoms with Crippen LogP contribution in [0.5, 0.6) is 11.5 Å². The van der Waals surface area contributed by atoms with Gasteiger partial charge in [-0.3, -0.25) is 0 Å². The van der Waals surface area contributed by atoms with Gasteiger partial charge in [0.15, 0.2) is 17.3 Å². The molecule has 148 valence electrons. The maximum atomic E-state index is 14.0. The fraction of sp³-hybridized carbons (Fsp3) is 0.250. The van der Waals surface area contributed by atoms with Crippen LogP contribution in [0.2, 0.25) is 0 Å². The van der Waals surface area contributed by atoms with E-state index >= 15 is 0 Å². The van der Waals surface area contributed by atoms with E-state index in [-0.39, 0.29) is 12.6 Å². The van der Waals surface area contributed by atoms with Gasteiger partial charge in [0.05, 0.1) is 11.9 Å². The number of piperazine rings is 1. The van der Waals surface area contributed by atoms with Gasteiger partial charge >= 0.3 is 0 Å². The number of aromatic nitrogens is 3. The van der Waals surface area contributed by atoms with Gasteiger partial charge in [-0.15, -0.1) is 5.10 Å². The molecule has 0 amide bonds. The topological polar surface area (TPSA) is 75.6 Å². The van der Waals surface area contributed by atoms with Crippen molar-refractivity contribution < 1.29 is 13.9 Å². The third-order valence-electron chi connectivity index (χ3n) is 4.95. The van der Waals surface area contributed by atoms with Crippen LogP contribution < -0.4 is 24.6 Å². The molecule has 0 saturated carbocycles. The largest absolute Gasteiger partial charge is 0.454 e. The summed E-state index contributed by atoms with van der Waals surface area (Å²) in [4.78, 5) is 8.66. The van der Waals surface area contributed by atoms with Gasteiger partial charge in [-0.25, -0.2) is 4.39 Å². The Kier molecular flexibility index (Phi) is 4.47. The lowest BCUT2D eigenvalue weighted by Gasteiger charge is -2.36. The first kappa shape index (κ1) is 17.5. The molecule has 1 aromatic heterocycles. The zero-order valence-corrected chi connectivity index (χ0v) is 15.6. The molecule has 2 aliphatic heterocycles. The molecule has 3 aromatic rings. The molecular weight excluding hydrogens is 375 g/mol. The summed E-state index contributed by atoms with van der Waals surface area (Å²) >= 11 is 0. The first-order chi connectivity index (χ1) is 14.3. The summed E-state index contributed by atoms with van der Waals surface area (Å²) < 4.78 is 24.8. The number of anilines is 4. The third-order valence-corrected chi connectivity index (χ3v) is 4.95. The van der Waals surface area contributed by atoms with Crippen molar-refractivity contribution in [3.8, 4) is 11.5 Å². The smallest absolute Gasteiger partial charge is 0.247 e. The molecular formula is C20H19FN6O2. The number of hydrogen-bond acceptors (Lipinski definition) is 8. The van der Waals surface area contributed by atoms with E-state index in [0.29, 0.717) is 49.4 Å². The molecule has 1 saturated heterocycles. The van der Waals surface area contributed by atoms with Crippen molar-refractivity contribution >= 4 is 23.1 Å². The average molecular weight is 394 g/mol. The second-order valence-corrected chi connectivity index (χ2v) is 6.76. The van der Waals surface area contributed by atoms with Crippen molar-refractivity contribution in [3.05, 3.63) is 54.5 Å². The number of halogens is 1. The molecule has 2 aliphatic rings. The quantitative estimate of drug-likeness (QED) is 0.724. The lowest BCUT2D eigenvalue weighted by atomic mass is 10.2. The molecule has 0 bridgehead atoms. The number of ether oxygens (including phenoxy) is 2. The standard InChI is InChI=1S/C20H19FN6O2/c21-15-3-1-2-4-16(15)26-7-9-27(10-8-26)20-24-19(12-22-25-20)23-14-5-6-17-18(11-14)29-13-28-17/h1-6,11-12H,7-10,13H2,(H,23,24,25). The van der Waals surface area contributed by atoms with Crippen LogP contribution >= 0.6 is 0 Å². The number of para-hydroxylation sites is 1. The van der Waals surface area contributed by atoms with E-state index in [1.165, 1.54) is 6.07 Å². The number of rotatable bonds is 4. The van der Waals surface area contributed by atoms with Gasteiger partial charge < -0.3 is 24.6 Å². The lowest BCUT2D eigenvalue weighted by Crippen LogP contribution is -2.47. The summed E-state index contributed by atoms with van der Waals surface area (Å²) in [5.74, 6) is 2.36. The Morgan fingerprint density at radius 2 is 1.72 bits per heavy atom. The van der Waals surface area contributed by atoms with Crippen LogP contribution in [0.15, 0.2) is 48.7 Å². The number of benzene rings is 2. The Morgan fingerprint density at radius 1 is 0.931 bits per heavy atom. The predicted molar refractivity (Wildman–Crippen MR) is 107 cm³/mol. The predicted octanol–water partition coefficient (Wildman–Crippen LogP) is 2.81. The van der Waals surface area contributed by atoms with Crippen LogP contribution in [0, 0.1) is 5.82 Å². The minimum Gasteiger partial charge on any atom is -0.454 e. The first-order valence-corrected chi connectivity index (χ1v) is 9.37. The second kappa shape index (κ2) is 7.42. The van der Waals surface area contributed by atoms with Crippen LogP contribution in [0.3, 0.4) is 0 Å². The molecule has 0 radical (unpaired) electrons. The maximum Gasteiger partial charge on any atom is 0.247 e. The number of hydrogen-bond donors (Lipinski definition) is 1. The average Bonchev–Trinajstić information content (AvgIpc) is 3.22. The van der Waals surface area contributed by atoms with Crippen LogP contribution in [0.1, 0.15) is 0 Å². The minimum absolute atomic E-state index is 0.200. The van der Waals surface area contributed by atoms with Crippen molar-refractivity contribution in [3.63, 3.8) is 0 Å². The molecule has 3 heterocycles. The van der Waals surface area contributed by atoms with Gasteiger partial charge in [0.2, 0.25) is 12.7 Å². The molecule has 0 atom stereocenters. The van der Waals surface area contributed by atoms with Gasteiger partial charge in [-0.2, -0.15) is 10.1 Å². The zero-order chi connectivity index (χ0) is 19.6. The van der Waals surface area contributed by atoms with Crippen LogP contribution in [0.25, 0.3) is 0 Å². The van der Waals surface area contributed by atoms with Gasteiger partial charge in [0.25, 0.3) is 0 Å². The van der Waals surface area contributed by atoms with Crippen molar-refractivity contribution in [1.29, 1.82) is 0 Å². The summed E-state index contributed by atoms with van der Waals surface area (Å²) in [5, 5.41) is 11.5. The molecule has 8 nitrogen and oxygen atoms in total. The van der Waals surface area contributed by atoms with Crippen LogP contribution in [-0.2, 0) is 0 Å². The van der Waals surface area contributed by atoms with E-state index in [0.717, 1.165) is 11.4 Å². The van der Waals surface area contributed by atoms with E-state index in [9.17, 15) is 4.39 Å². The summed E-state index contributed by atoms with van der Waals surface area (Å²) in [6, 6.07) is 12.4. The van der Waals surface area contributed by atoms with Crippen molar-refractivity contribution in [2.24, 2.45) is 0 Å². The second-order valence-electron chi connectivity index (χ2n) is 6.76. The van der Waals surface area contributed by atoms with Gasteiger partial charge in [-0.1, -0.05) is 12.1 Å². The summed E-state index contributed by atoms with van der Waals surface area (Å²) in [6.07, 6.45) is 1.57.